The standard InChI is InChI=1S/Bi.Nb.Pb.Sb.Sc.6H. The summed E-state index contributed by atoms with van der Waals surface area (Å²) < 4.78 is 0. The van der Waals surface area contributed by atoms with Crippen LogP contribution in [0.5, 0.6) is 0 Å². The van der Waals surface area contributed by atoms with Crippen molar-refractivity contribution in [3.63, 3.8) is 0 Å². The van der Waals surface area contributed by atoms with Gasteiger partial charge in [0.1, 0.15) is 0 Å². The minimum atomic E-state index is 0. The molecule has 0 aromatic carbocycles. The fourth-order valence-corrected chi connectivity index (χ4v) is 0. The zero-order valence-electron chi connectivity index (χ0n) is 2.89. The van der Waals surface area contributed by atoms with Crippen molar-refractivity contribution in [3.8, 4) is 0 Å². The molecular weight excluding hydrogens is 676 g/mol. The summed E-state index contributed by atoms with van der Waals surface area (Å²) in [6.07, 6.45) is 0. The smallest absolute Gasteiger partial charge is 0 e. The Bertz CT molecular complexity index is 11.6. The molecule has 0 aromatic rings. The summed E-state index contributed by atoms with van der Waals surface area (Å²) in [5, 5.41) is 0. The van der Waals surface area contributed by atoms with E-state index in [1.165, 1.54) is 0 Å². The zero-order valence-corrected chi connectivity index (χ0v) is 20.2. The van der Waals surface area contributed by atoms with Gasteiger partial charge in [0.05, 0.1) is 0 Å². The minimum Gasteiger partial charge on any atom is 0 e. The van der Waals surface area contributed by atoms with E-state index >= 15 is 0 Å². The summed E-state index contributed by atoms with van der Waals surface area (Å²) in [6.45, 7) is 0. The fourth-order valence-electron chi connectivity index (χ4n) is 0. The molecule has 0 nitrogen and oxygen atoms in total. The van der Waals surface area contributed by atoms with Crippen LogP contribution in [0.4, 0.5) is 0 Å². The summed E-state index contributed by atoms with van der Waals surface area (Å²) >= 11 is 0. The molecule has 0 spiro atoms. The van der Waals surface area contributed by atoms with Gasteiger partial charge in [0.2, 0.25) is 0 Å². The molecule has 5 heteroatoms. The Hall–Kier alpha value is 4.23. The second kappa shape index (κ2) is 24.0. The molecule has 0 fully saturated rings. The Morgan fingerprint density at radius 1 is 1.00 bits per heavy atom. The fraction of sp³-hybridized carbons (Fsp3) is 0. The molecule has 28 valence electrons. The van der Waals surface area contributed by atoms with Crippen molar-refractivity contribution in [3.05, 3.63) is 0 Å². The van der Waals surface area contributed by atoms with E-state index in [9.17, 15) is 0 Å². The molecule has 0 heterocycles. The predicted octanol–water partition coefficient (Wildman–Crippen LogP) is -2.75. The number of hydrogen-bond acceptors (Lipinski definition) is 0. The van der Waals surface area contributed by atoms with Gasteiger partial charge >= 0.3 is 77.9 Å². The van der Waals surface area contributed by atoms with Gasteiger partial charge in [0, 0.05) is 48.2 Å². The first-order valence-electron chi connectivity index (χ1n) is 0. The molecule has 0 saturated heterocycles. The predicted molar refractivity (Wildman–Crippen MR) is 25.6 cm³/mol. The molecule has 0 aliphatic rings. The van der Waals surface area contributed by atoms with Crippen LogP contribution in [0.3, 0.4) is 0 Å². The van der Waals surface area contributed by atoms with Crippen molar-refractivity contribution >= 4 is 77.9 Å². The van der Waals surface area contributed by atoms with Crippen LogP contribution in [0.15, 0.2) is 0 Å². The Morgan fingerprint density at radius 2 is 1.00 bits per heavy atom. The first-order chi connectivity index (χ1) is 0. The molecular formula is H6BiNbPbSbSc. The van der Waals surface area contributed by atoms with E-state index in [2.05, 4.69) is 0 Å². The van der Waals surface area contributed by atoms with Gasteiger partial charge in [0.25, 0.3) is 0 Å². The van der Waals surface area contributed by atoms with Crippen LogP contribution in [0.1, 0.15) is 0 Å². The summed E-state index contributed by atoms with van der Waals surface area (Å²) in [4.78, 5) is 0. The summed E-state index contributed by atoms with van der Waals surface area (Å²) in [6, 6.07) is 0. The second-order valence-electron chi connectivity index (χ2n) is 0. The van der Waals surface area contributed by atoms with Gasteiger partial charge in [-0.3, -0.25) is 0 Å². The maximum atomic E-state index is 0. The average Bonchev–Trinajstić information content (AvgIpc) is 0. The maximum absolute atomic E-state index is 0. The molecule has 0 amide bonds. The molecule has 0 aliphatic heterocycles. The summed E-state index contributed by atoms with van der Waals surface area (Å²) in [5.74, 6) is 0. The molecule has 0 aliphatic carbocycles. The van der Waals surface area contributed by atoms with Gasteiger partial charge in [-0.15, -0.1) is 0 Å². The molecule has 0 aromatic heterocycles. The minimum absolute atomic E-state index is 0. The van der Waals surface area contributed by atoms with Crippen molar-refractivity contribution in [2.75, 3.05) is 0 Å². The van der Waals surface area contributed by atoms with E-state index in [4.69, 9.17) is 0 Å². The van der Waals surface area contributed by atoms with Gasteiger partial charge < -0.3 is 0 Å². The van der Waals surface area contributed by atoms with E-state index < -0.39 is 0 Å². The number of rotatable bonds is 0. The largest absolute Gasteiger partial charge is 0 e. The van der Waals surface area contributed by atoms with E-state index in [-0.39, 0.29) is 126 Å². The second-order valence-corrected chi connectivity index (χ2v) is 0. The molecule has 0 bridgehead atoms. The third-order valence-corrected chi connectivity index (χ3v) is 0. The number of hydrogen-bond donors (Lipinski definition) is 0. The van der Waals surface area contributed by atoms with Crippen molar-refractivity contribution in [1.29, 1.82) is 0 Å². The maximum Gasteiger partial charge on any atom is 0 e. The van der Waals surface area contributed by atoms with Crippen LogP contribution in [0.2, 0.25) is 0 Å². The monoisotopic (exact) mass is 682 g/mol. The van der Waals surface area contributed by atoms with Crippen molar-refractivity contribution < 1.29 is 48.2 Å². The first-order valence-corrected chi connectivity index (χ1v) is 0. The quantitative estimate of drug-likeness (QED) is 0.244. The Labute approximate surface area is 123 Å². The van der Waals surface area contributed by atoms with Gasteiger partial charge in [-0.2, -0.15) is 0 Å². The Morgan fingerprint density at radius 3 is 1.00 bits per heavy atom. The SMILES string of the molecule is [BiH3].[Nb].[PbH].[SbH2].[Sc]. The van der Waals surface area contributed by atoms with Gasteiger partial charge in [-0.25, -0.2) is 0 Å². The van der Waals surface area contributed by atoms with Gasteiger partial charge in [-0.1, -0.05) is 0 Å². The molecule has 6 radical (unpaired) electrons. The molecule has 5 heavy (non-hydrogen) atoms. The van der Waals surface area contributed by atoms with Crippen LogP contribution < -0.4 is 0 Å². The Kier molecular flexibility index (Phi) is 168. The summed E-state index contributed by atoms with van der Waals surface area (Å²) in [7, 11) is 0. The van der Waals surface area contributed by atoms with E-state index in [1.54, 1.807) is 0 Å². The van der Waals surface area contributed by atoms with Crippen molar-refractivity contribution in [1.82, 2.24) is 0 Å². The molecule has 0 saturated carbocycles. The van der Waals surface area contributed by atoms with Crippen molar-refractivity contribution in [2.24, 2.45) is 0 Å². The third kappa shape index (κ3) is 17.9. The average molecular weight is 682 g/mol. The molecule has 0 unspecified atom stereocenters. The van der Waals surface area contributed by atoms with Crippen LogP contribution in [-0.4, -0.2) is 77.9 Å². The molecule has 0 atom stereocenters. The zero-order chi connectivity index (χ0) is 0. The van der Waals surface area contributed by atoms with Crippen LogP contribution in [0, 0.1) is 0 Å². The normalized spacial score (nSPS) is 0. The Balaban J connectivity index is 0. The van der Waals surface area contributed by atoms with Gasteiger partial charge in [0.15, 0.2) is 0 Å². The molecule has 0 rings (SSSR count). The topological polar surface area (TPSA) is 0 Å². The first kappa shape index (κ1) is 34.9. The van der Waals surface area contributed by atoms with E-state index in [0.717, 1.165) is 0 Å². The van der Waals surface area contributed by atoms with Crippen LogP contribution >= 0.6 is 0 Å². The van der Waals surface area contributed by atoms with Crippen LogP contribution in [-0.2, 0) is 48.2 Å². The van der Waals surface area contributed by atoms with E-state index in [0.29, 0.717) is 0 Å². The molecule has 0 N–H and O–H groups in total. The van der Waals surface area contributed by atoms with E-state index in [1.807, 2.05) is 0 Å². The third-order valence-electron chi connectivity index (χ3n) is 0. The van der Waals surface area contributed by atoms with Gasteiger partial charge in [-0.05, 0) is 0 Å². The van der Waals surface area contributed by atoms with Crippen LogP contribution in [0.25, 0.3) is 0 Å². The van der Waals surface area contributed by atoms with Crippen molar-refractivity contribution in [2.45, 2.75) is 0 Å². The summed E-state index contributed by atoms with van der Waals surface area (Å²) in [5.41, 5.74) is 0.